The number of fused-ring (bicyclic) bond motifs is 1. The lowest BCUT2D eigenvalue weighted by Crippen LogP contribution is -2.37. The summed E-state index contributed by atoms with van der Waals surface area (Å²) in [5.74, 6) is 0.0475. The number of amides is 1. The molecule has 2 aromatic carbocycles. The number of hydrogen-bond donors (Lipinski definition) is 0. The predicted octanol–water partition coefficient (Wildman–Crippen LogP) is 3.83. The molecule has 0 saturated carbocycles. The summed E-state index contributed by atoms with van der Waals surface area (Å²) in [6.07, 6.45) is 2.87. The predicted molar refractivity (Wildman–Crippen MR) is 114 cm³/mol. The van der Waals surface area contributed by atoms with Gasteiger partial charge in [0, 0.05) is 24.7 Å². The van der Waals surface area contributed by atoms with Crippen molar-refractivity contribution in [1.29, 1.82) is 0 Å². The van der Waals surface area contributed by atoms with Crippen molar-refractivity contribution in [3.8, 4) is 0 Å². The van der Waals surface area contributed by atoms with Gasteiger partial charge in [-0.15, -0.1) is 0 Å². The van der Waals surface area contributed by atoms with Crippen molar-refractivity contribution in [2.75, 3.05) is 22.0 Å². The molecular formula is C22H28N2O3S. The number of anilines is 2. The number of sulfonamides is 1. The van der Waals surface area contributed by atoms with Crippen molar-refractivity contribution in [3.05, 3.63) is 59.2 Å². The first-order valence-corrected chi connectivity index (χ1v) is 11.5. The van der Waals surface area contributed by atoms with Crippen LogP contribution >= 0.6 is 0 Å². The van der Waals surface area contributed by atoms with Crippen LogP contribution in [0.2, 0.25) is 0 Å². The summed E-state index contributed by atoms with van der Waals surface area (Å²) >= 11 is 0. The molecule has 0 spiro atoms. The number of rotatable bonds is 6. The Kier molecular flexibility index (Phi) is 5.79. The van der Waals surface area contributed by atoms with E-state index in [-0.39, 0.29) is 18.5 Å². The van der Waals surface area contributed by atoms with Gasteiger partial charge in [-0.25, -0.2) is 8.42 Å². The number of benzene rings is 2. The number of hydrogen-bond acceptors (Lipinski definition) is 3. The van der Waals surface area contributed by atoms with Gasteiger partial charge in [-0.1, -0.05) is 24.3 Å². The van der Waals surface area contributed by atoms with Crippen LogP contribution in [0.25, 0.3) is 0 Å². The average molecular weight is 401 g/mol. The van der Waals surface area contributed by atoms with E-state index in [4.69, 9.17) is 0 Å². The topological polar surface area (TPSA) is 57.7 Å². The summed E-state index contributed by atoms with van der Waals surface area (Å²) in [6.45, 7) is 6.24. The molecule has 1 aliphatic rings. The van der Waals surface area contributed by atoms with Crippen molar-refractivity contribution in [2.24, 2.45) is 0 Å². The third-order valence-electron chi connectivity index (χ3n) is 5.12. The second kappa shape index (κ2) is 7.95. The molecule has 2 aromatic rings. The van der Waals surface area contributed by atoms with E-state index >= 15 is 0 Å². The van der Waals surface area contributed by atoms with E-state index < -0.39 is 10.0 Å². The van der Waals surface area contributed by atoms with Crippen molar-refractivity contribution >= 4 is 27.3 Å². The van der Waals surface area contributed by atoms with Gasteiger partial charge in [0.15, 0.2) is 0 Å². The lowest BCUT2D eigenvalue weighted by molar-refractivity contribution is -0.118. The fourth-order valence-corrected chi connectivity index (χ4v) is 4.97. The van der Waals surface area contributed by atoms with Crippen LogP contribution in [-0.4, -0.2) is 33.2 Å². The van der Waals surface area contributed by atoms with E-state index in [0.717, 1.165) is 23.2 Å². The Bertz CT molecular complexity index is 965. The van der Waals surface area contributed by atoms with E-state index in [9.17, 15) is 13.2 Å². The maximum Gasteiger partial charge on any atom is 0.232 e. The third-order valence-corrected chi connectivity index (χ3v) is 6.32. The number of carbonyl (C=O) groups excluding carboxylic acids is 1. The van der Waals surface area contributed by atoms with E-state index in [2.05, 4.69) is 13.0 Å². The van der Waals surface area contributed by atoms with Gasteiger partial charge in [0.05, 0.1) is 11.9 Å². The van der Waals surface area contributed by atoms with Gasteiger partial charge in [0.2, 0.25) is 15.9 Å². The molecule has 0 aliphatic carbocycles. The van der Waals surface area contributed by atoms with Crippen LogP contribution < -0.4 is 9.21 Å². The smallest absolute Gasteiger partial charge is 0.232 e. The second-order valence-corrected chi connectivity index (χ2v) is 9.64. The van der Waals surface area contributed by atoms with Gasteiger partial charge < -0.3 is 4.90 Å². The molecule has 1 heterocycles. The number of nitrogens with zero attached hydrogens (tertiary/aromatic N) is 2. The molecular weight excluding hydrogens is 372 g/mol. The molecule has 0 N–H and O–H groups in total. The zero-order valence-electron chi connectivity index (χ0n) is 17.0. The maximum absolute atomic E-state index is 12.9. The normalized spacial score (nSPS) is 16.1. The van der Waals surface area contributed by atoms with Crippen molar-refractivity contribution < 1.29 is 13.2 Å². The van der Waals surface area contributed by atoms with E-state index in [1.807, 2.05) is 55.1 Å². The Hall–Kier alpha value is -2.34. The van der Waals surface area contributed by atoms with E-state index in [0.29, 0.717) is 18.5 Å². The lowest BCUT2D eigenvalue weighted by atomic mass is 10.1. The first-order valence-electron chi connectivity index (χ1n) is 9.63. The van der Waals surface area contributed by atoms with Gasteiger partial charge >= 0.3 is 0 Å². The molecule has 0 fully saturated rings. The van der Waals surface area contributed by atoms with Gasteiger partial charge in [0.25, 0.3) is 0 Å². The minimum atomic E-state index is -3.42. The van der Waals surface area contributed by atoms with Crippen LogP contribution in [-0.2, 0) is 21.2 Å². The molecule has 28 heavy (non-hydrogen) atoms. The number of aryl methyl sites for hydroxylation is 2. The molecule has 0 bridgehead atoms. The first kappa shape index (κ1) is 20.4. The van der Waals surface area contributed by atoms with Crippen molar-refractivity contribution in [1.82, 2.24) is 0 Å². The average Bonchev–Trinajstić information content (AvgIpc) is 2.92. The zero-order valence-corrected chi connectivity index (χ0v) is 17.8. The van der Waals surface area contributed by atoms with E-state index in [1.54, 1.807) is 0 Å². The summed E-state index contributed by atoms with van der Waals surface area (Å²) in [4.78, 5) is 14.7. The Labute approximate surface area is 168 Å². The molecule has 150 valence electrons. The fourth-order valence-electron chi connectivity index (χ4n) is 4.02. The standard InChI is InChI=1S/C22H28N2O3S/c1-16-12-17(2)14-20(13-16)23(28(4,26)27)11-7-10-22(25)24-18(3)15-19-8-5-6-9-21(19)24/h5-6,8-9,12-14,18H,7,10-11,15H2,1-4H3. The summed E-state index contributed by atoms with van der Waals surface area (Å²) in [6, 6.07) is 13.9. The molecule has 3 rings (SSSR count). The summed E-state index contributed by atoms with van der Waals surface area (Å²) in [5.41, 5.74) is 4.86. The highest BCUT2D eigenvalue weighted by atomic mass is 32.2. The molecule has 0 aromatic heterocycles. The van der Waals surface area contributed by atoms with Gasteiger partial charge in [-0.2, -0.15) is 0 Å². The zero-order chi connectivity index (χ0) is 20.5. The molecule has 0 radical (unpaired) electrons. The fraction of sp³-hybridized carbons (Fsp3) is 0.409. The van der Waals surface area contributed by atoms with Gasteiger partial charge in [-0.05, 0) is 68.5 Å². The molecule has 6 heteroatoms. The molecule has 1 atom stereocenters. The third kappa shape index (κ3) is 4.38. The minimum absolute atomic E-state index is 0.0475. The van der Waals surface area contributed by atoms with Crippen LogP contribution in [0.1, 0.15) is 36.5 Å². The van der Waals surface area contributed by atoms with Gasteiger partial charge in [-0.3, -0.25) is 9.10 Å². The SMILES string of the molecule is Cc1cc(C)cc(N(CCCC(=O)N2c3ccccc3CC2C)S(C)(=O)=O)c1. The Morgan fingerprint density at radius 3 is 2.43 bits per heavy atom. The highest BCUT2D eigenvalue weighted by Gasteiger charge is 2.30. The van der Waals surface area contributed by atoms with Crippen molar-refractivity contribution in [3.63, 3.8) is 0 Å². The largest absolute Gasteiger partial charge is 0.309 e. The highest BCUT2D eigenvalue weighted by molar-refractivity contribution is 7.92. The molecule has 1 amide bonds. The second-order valence-electron chi connectivity index (χ2n) is 7.73. The molecule has 0 saturated heterocycles. The first-order chi connectivity index (χ1) is 13.2. The molecule has 5 nitrogen and oxygen atoms in total. The van der Waals surface area contributed by atoms with Crippen molar-refractivity contribution in [2.45, 2.75) is 46.1 Å². The van der Waals surface area contributed by atoms with Crippen LogP contribution in [0.15, 0.2) is 42.5 Å². The minimum Gasteiger partial charge on any atom is -0.309 e. The van der Waals surface area contributed by atoms with E-state index in [1.165, 1.54) is 16.1 Å². The molecule has 1 unspecified atom stereocenters. The van der Waals surface area contributed by atoms with Crippen LogP contribution in [0.5, 0.6) is 0 Å². The summed E-state index contributed by atoms with van der Waals surface area (Å²) in [7, 11) is -3.42. The summed E-state index contributed by atoms with van der Waals surface area (Å²) in [5, 5.41) is 0. The van der Waals surface area contributed by atoms with Crippen LogP contribution in [0, 0.1) is 13.8 Å². The van der Waals surface area contributed by atoms with Crippen LogP contribution in [0.3, 0.4) is 0 Å². The quantitative estimate of drug-likeness (QED) is 0.740. The highest BCUT2D eigenvalue weighted by Crippen LogP contribution is 2.32. The number of carbonyl (C=O) groups is 1. The number of para-hydroxylation sites is 1. The Balaban J connectivity index is 1.70. The lowest BCUT2D eigenvalue weighted by Gasteiger charge is -2.25. The maximum atomic E-state index is 12.9. The molecule has 1 aliphatic heterocycles. The monoisotopic (exact) mass is 400 g/mol. The Morgan fingerprint density at radius 2 is 1.79 bits per heavy atom. The summed E-state index contributed by atoms with van der Waals surface area (Å²) < 4.78 is 26.1. The Morgan fingerprint density at radius 1 is 1.14 bits per heavy atom. The van der Waals surface area contributed by atoms with Crippen LogP contribution in [0.4, 0.5) is 11.4 Å². The van der Waals surface area contributed by atoms with Gasteiger partial charge in [0.1, 0.15) is 0 Å².